The van der Waals surface area contributed by atoms with Gasteiger partial charge in [-0.1, -0.05) is 6.07 Å². The number of halogens is 2. The maximum absolute atomic E-state index is 13.6. The zero-order valence-electron chi connectivity index (χ0n) is 14.3. The summed E-state index contributed by atoms with van der Waals surface area (Å²) in [4.78, 5) is 30.1. The lowest BCUT2D eigenvalue weighted by Crippen LogP contribution is -2.30. The smallest absolute Gasteiger partial charge is 0.351 e. The van der Waals surface area contributed by atoms with Crippen LogP contribution in [0.3, 0.4) is 0 Å². The Bertz CT molecular complexity index is 987. The Morgan fingerprint density at radius 2 is 2.04 bits per heavy atom. The Balaban J connectivity index is 1.68. The van der Waals surface area contributed by atoms with Gasteiger partial charge in [0.25, 0.3) is 5.91 Å². The maximum atomic E-state index is 13.6. The van der Waals surface area contributed by atoms with Crippen LogP contribution in [0.2, 0.25) is 0 Å². The first-order valence-corrected chi connectivity index (χ1v) is 9.53. The number of esters is 1. The first-order valence-electron chi connectivity index (χ1n) is 7.83. The highest BCUT2D eigenvalue weighted by Crippen LogP contribution is 2.31. The predicted molar refractivity (Wildman–Crippen MR) is 100 cm³/mol. The summed E-state index contributed by atoms with van der Waals surface area (Å²) in [5.74, 6) is -2.96. The lowest BCUT2D eigenvalue weighted by molar-refractivity contribution is -0.123. The van der Waals surface area contributed by atoms with Gasteiger partial charge in [-0.15, -0.1) is 22.7 Å². The van der Waals surface area contributed by atoms with Crippen LogP contribution in [0.5, 0.6) is 0 Å². The van der Waals surface area contributed by atoms with Crippen molar-refractivity contribution in [3.05, 3.63) is 57.9 Å². The molecule has 3 rings (SSSR count). The third kappa shape index (κ3) is 4.37. The van der Waals surface area contributed by atoms with Crippen LogP contribution >= 0.6 is 22.7 Å². The number of nitrogens with zero attached hydrogens (tertiary/aromatic N) is 1. The molecule has 1 aromatic carbocycles. The number of hydrogen-bond donors (Lipinski definition) is 1. The Morgan fingerprint density at radius 3 is 2.74 bits per heavy atom. The van der Waals surface area contributed by atoms with Crippen molar-refractivity contribution < 1.29 is 23.1 Å². The van der Waals surface area contributed by atoms with E-state index < -0.39 is 29.6 Å². The molecule has 0 fully saturated rings. The van der Waals surface area contributed by atoms with Crippen LogP contribution in [0.4, 0.5) is 14.5 Å². The van der Waals surface area contributed by atoms with Gasteiger partial charge in [0.15, 0.2) is 6.10 Å². The number of thiazole rings is 1. The lowest BCUT2D eigenvalue weighted by Gasteiger charge is -2.13. The van der Waals surface area contributed by atoms with Crippen molar-refractivity contribution in [3.63, 3.8) is 0 Å². The van der Waals surface area contributed by atoms with Crippen molar-refractivity contribution in [1.29, 1.82) is 0 Å². The highest BCUT2D eigenvalue weighted by atomic mass is 32.1. The van der Waals surface area contributed by atoms with Gasteiger partial charge in [0.1, 0.15) is 21.5 Å². The topological polar surface area (TPSA) is 68.3 Å². The van der Waals surface area contributed by atoms with Crippen molar-refractivity contribution in [2.75, 3.05) is 5.32 Å². The van der Waals surface area contributed by atoms with Gasteiger partial charge in [-0.2, -0.15) is 0 Å². The van der Waals surface area contributed by atoms with Crippen molar-refractivity contribution in [2.24, 2.45) is 0 Å². The average molecular weight is 408 g/mol. The molecule has 2 aromatic heterocycles. The van der Waals surface area contributed by atoms with Crippen LogP contribution in [0.1, 0.15) is 22.3 Å². The number of thiophene rings is 1. The van der Waals surface area contributed by atoms with E-state index in [1.165, 1.54) is 29.6 Å². The summed E-state index contributed by atoms with van der Waals surface area (Å²) < 4.78 is 32.0. The van der Waals surface area contributed by atoms with Gasteiger partial charge in [0.05, 0.1) is 16.3 Å². The Labute approximate surface area is 161 Å². The number of ether oxygens (including phenoxy) is 1. The molecule has 0 saturated carbocycles. The van der Waals surface area contributed by atoms with Gasteiger partial charge in [-0.3, -0.25) is 4.79 Å². The van der Waals surface area contributed by atoms with Crippen LogP contribution < -0.4 is 5.32 Å². The molecule has 0 saturated heterocycles. The molecule has 1 atom stereocenters. The molecule has 5 nitrogen and oxygen atoms in total. The van der Waals surface area contributed by atoms with E-state index in [4.69, 9.17) is 4.74 Å². The number of amides is 1. The predicted octanol–water partition coefficient (Wildman–Crippen LogP) is 4.64. The van der Waals surface area contributed by atoms with Crippen LogP contribution in [-0.2, 0) is 9.53 Å². The first kappa shape index (κ1) is 19.1. The highest BCUT2D eigenvalue weighted by molar-refractivity contribution is 7.22. The fourth-order valence-corrected chi connectivity index (χ4v) is 3.93. The second-order valence-corrected chi connectivity index (χ2v) is 7.52. The fraction of sp³-hybridized carbons (Fsp3) is 0.167. The van der Waals surface area contributed by atoms with Gasteiger partial charge < -0.3 is 10.1 Å². The Hall–Kier alpha value is -2.65. The van der Waals surface area contributed by atoms with E-state index in [0.29, 0.717) is 10.7 Å². The number of anilines is 1. The van der Waals surface area contributed by atoms with Crippen LogP contribution in [0.25, 0.3) is 9.88 Å². The number of benzene rings is 1. The molecule has 9 heteroatoms. The maximum Gasteiger partial charge on any atom is 0.351 e. The van der Waals surface area contributed by atoms with Gasteiger partial charge >= 0.3 is 5.97 Å². The van der Waals surface area contributed by atoms with Crippen LogP contribution in [-0.4, -0.2) is 23.0 Å². The zero-order chi connectivity index (χ0) is 19.6. The van der Waals surface area contributed by atoms with Crippen molar-refractivity contribution in [2.45, 2.75) is 20.0 Å². The minimum absolute atomic E-state index is 0.287. The number of aryl methyl sites for hydroxylation is 1. The van der Waals surface area contributed by atoms with Gasteiger partial charge in [0.2, 0.25) is 0 Å². The van der Waals surface area contributed by atoms with E-state index in [0.717, 1.165) is 23.1 Å². The van der Waals surface area contributed by atoms with Crippen molar-refractivity contribution in [3.8, 4) is 9.88 Å². The number of rotatable bonds is 5. The number of carbonyl (C=O) groups excluding carboxylic acids is 2. The average Bonchev–Trinajstić information content (AvgIpc) is 3.27. The van der Waals surface area contributed by atoms with Gasteiger partial charge in [-0.25, -0.2) is 18.6 Å². The van der Waals surface area contributed by atoms with Gasteiger partial charge in [0, 0.05) is 6.07 Å². The summed E-state index contributed by atoms with van der Waals surface area (Å²) >= 11 is 2.67. The van der Waals surface area contributed by atoms with E-state index in [-0.39, 0.29) is 10.6 Å². The molecule has 0 aliphatic heterocycles. The molecule has 27 heavy (non-hydrogen) atoms. The molecule has 0 radical (unpaired) electrons. The summed E-state index contributed by atoms with van der Waals surface area (Å²) in [5.41, 5.74) is 0.175. The molecule has 1 N–H and O–H groups in total. The fourth-order valence-electron chi connectivity index (χ4n) is 2.19. The number of carbonyl (C=O) groups is 2. The van der Waals surface area contributed by atoms with Crippen LogP contribution in [0, 0.1) is 18.6 Å². The third-order valence-electron chi connectivity index (χ3n) is 3.55. The summed E-state index contributed by atoms with van der Waals surface area (Å²) in [6.07, 6.45) is -1.20. The van der Waals surface area contributed by atoms with Crippen molar-refractivity contribution in [1.82, 2.24) is 4.98 Å². The summed E-state index contributed by atoms with van der Waals surface area (Å²) in [6.45, 7) is 3.03. The van der Waals surface area contributed by atoms with Crippen molar-refractivity contribution >= 4 is 40.2 Å². The normalized spacial score (nSPS) is 11.9. The third-order valence-corrected chi connectivity index (χ3v) is 5.73. The Kier molecular flexibility index (Phi) is 5.62. The summed E-state index contributed by atoms with van der Waals surface area (Å²) in [5, 5.41) is 4.80. The first-order chi connectivity index (χ1) is 12.8. The van der Waals surface area contributed by atoms with E-state index in [2.05, 4.69) is 10.3 Å². The molecule has 1 amide bonds. The monoisotopic (exact) mass is 408 g/mol. The quantitative estimate of drug-likeness (QED) is 0.625. The van der Waals surface area contributed by atoms with Crippen LogP contribution in [0.15, 0.2) is 35.7 Å². The minimum Gasteiger partial charge on any atom is -0.448 e. The lowest BCUT2D eigenvalue weighted by atomic mass is 10.2. The molecular formula is C18H14F2N2O3S2. The molecule has 0 bridgehead atoms. The standard InChI is InChI=1S/C18H14F2N2O3S2/c1-9-15(27-17(21-9)14-4-3-7-26-14)18(24)25-10(2)16(23)22-13-8-11(19)5-6-12(13)20/h3-8,10H,1-2H3,(H,22,23). The molecule has 0 aliphatic rings. The molecule has 0 spiro atoms. The molecular weight excluding hydrogens is 394 g/mol. The largest absolute Gasteiger partial charge is 0.448 e. The second-order valence-electron chi connectivity index (χ2n) is 5.57. The van der Waals surface area contributed by atoms with E-state index >= 15 is 0 Å². The number of aromatic nitrogens is 1. The van der Waals surface area contributed by atoms with E-state index in [9.17, 15) is 18.4 Å². The second kappa shape index (κ2) is 7.93. The minimum atomic E-state index is -1.20. The zero-order valence-corrected chi connectivity index (χ0v) is 15.9. The molecule has 0 aliphatic carbocycles. The van der Waals surface area contributed by atoms with E-state index in [1.54, 1.807) is 6.92 Å². The number of hydrogen-bond acceptors (Lipinski definition) is 6. The van der Waals surface area contributed by atoms with Gasteiger partial charge in [-0.05, 0) is 37.4 Å². The summed E-state index contributed by atoms with van der Waals surface area (Å²) in [7, 11) is 0. The van der Waals surface area contributed by atoms with E-state index in [1.807, 2.05) is 17.5 Å². The SMILES string of the molecule is Cc1nc(-c2cccs2)sc1C(=O)OC(C)C(=O)Nc1cc(F)ccc1F. The molecule has 3 aromatic rings. The molecule has 140 valence electrons. The number of nitrogens with one attached hydrogen (secondary N) is 1. The highest BCUT2D eigenvalue weighted by Gasteiger charge is 2.24. The molecule has 2 heterocycles. The molecule has 1 unspecified atom stereocenters. The summed E-state index contributed by atoms with van der Waals surface area (Å²) in [6, 6.07) is 6.46. The Morgan fingerprint density at radius 1 is 1.26 bits per heavy atom.